The number of carbonyl (C=O) groups excluding carboxylic acids is 5. The normalized spacial score (nSPS) is 26.9. The van der Waals surface area contributed by atoms with Gasteiger partial charge in [0.05, 0.1) is 41.0 Å². The first-order chi connectivity index (χ1) is 24.5. The van der Waals surface area contributed by atoms with Crippen molar-refractivity contribution in [2.24, 2.45) is 29.4 Å². The molecule has 6 unspecified atom stereocenters. The van der Waals surface area contributed by atoms with Crippen molar-refractivity contribution >= 4 is 69.3 Å². The molecule has 4 aromatic rings. The lowest BCUT2D eigenvalue weighted by Gasteiger charge is -2.50. The number of hydrazine groups is 1. The van der Waals surface area contributed by atoms with Crippen LogP contribution >= 0.6 is 23.2 Å². The van der Waals surface area contributed by atoms with Gasteiger partial charge in [0.2, 0.25) is 11.8 Å². The Balaban J connectivity index is 1.40. The average Bonchev–Trinajstić information content (AvgIpc) is 3.50. The van der Waals surface area contributed by atoms with Crippen LogP contribution in [0.25, 0.3) is 10.8 Å². The van der Waals surface area contributed by atoms with Crippen molar-refractivity contribution in [2.45, 2.75) is 24.2 Å². The van der Waals surface area contributed by atoms with E-state index in [9.17, 15) is 24.3 Å². The predicted molar refractivity (Wildman–Crippen MR) is 188 cm³/mol. The van der Waals surface area contributed by atoms with E-state index in [-0.39, 0.29) is 29.3 Å². The summed E-state index contributed by atoms with van der Waals surface area (Å²) in [6.07, 6.45) is 1.89. The van der Waals surface area contributed by atoms with Crippen LogP contribution in [0.15, 0.2) is 90.5 Å². The first kappa shape index (κ1) is 32.8. The number of allylic oxidation sites excluding steroid dienone is 2. The van der Waals surface area contributed by atoms with E-state index in [4.69, 9.17) is 33.7 Å². The zero-order valence-corrected chi connectivity index (χ0v) is 28.5. The Kier molecular flexibility index (Phi) is 7.62. The number of benzene rings is 4. The lowest BCUT2D eigenvalue weighted by molar-refractivity contribution is -0.139. The van der Waals surface area contributed by atoms with Crippen LogP contribution in [0.5, 0.6) is 11.5 Å². The lowest BCUT2D eigenvalue weighted by atomic mass is 9.49. The van der Waals surface area contributed by atoms with Crippen LogP contribution in [0.3, 0.4) is 0 Å². The van der Waals surface area contributed by atoms with E-state index in [1.165, 1.54) is 13.2 Å². The third-order valence-electron chi connectivity index (χ3n) is 11.0. The molecular weight excluding hydrogens is 695 g/mol. The van der Waals surface area contributed by atoms with E-state index in [2.05, 4.69) is 5.43 Å². The Bertz CT molecular complexity index is 2240. The highest BCUT2D eigenvalue weighted by molar-refractivity contribution is 6.36. The number of phenols is 1. The van der Waals surface area contributed by atoms with Crippen LogP contribution in [-0.4, -0.2) is 51.8 Å². The molecule has 2 saturated heterocycles. The molecule has 4 aromatic carbocycles. The molecular formula is C38H30Cl2N4O7. The van der Waals surface area contributed by atoms with Gasteiger partial charge in [-0.05, 0) is 60.0 Å². The van der Waals surface area contributed by atoms with Crippen molar-refractivity contribution in [3.63, 3.8) is 0 Å². The molecule has 8 rings (SSSR count). The monoisotopic (exact) mass is 724 g/mol. The predicted octanol–water partition coefficient (Wildman–Crippen LogP) is 5.92. The zero-order valence-electron chi connectivity index (χ0n) is 27.0. The van der Waals surface area contributed by atoms with Crippen molar-refractivity contribution in [3.05, 3.63) is 112 Å². The number of primary amides is 1. The van der Waals surface area contributed by atoms with Crippen molar-refractivity contribution in [1.29, 1.82) is 0 Å². The number of amides is 6. The van der Waals surface area contributed by atoms with Gasteiger partial charge in [0, 0.05) is 21.9 Å². The number of nitrogens with zero attached hydrogens (tertiary/aromatic N) is 2. The van der Waals surface area contributed by atoms with E-state index in [1.807, 2.05) is 24.3 Å². The summed E-state index contributed by atoms with van der Waals surface area (Å²) in [6, 6.07) is 21.1. The van der Waals surface area contributed by atoms with E-state index < -0.39 is 64.7 Å². The number of anilines is 1. The fourth-order valence-corrected chi connectivity index (χ4v) is 9.36. The highest BCUT2D eigenvalue weighted by Gasteiger charge is 2.71. The first-order valence-corrected chi connectivity index (χ1v) is 17.1. The van der Waals surface area contributed by atoms with Crippen LogP contribution in [0, 0.1) is 23.7 Å². The third-order valence-corrected chi connectivity index (χ3v) is 11.6. The van der Waals surface area contributed by atoms with Crippen LogP contribution in [0.1, 0.15) is 29.9 Å². The number of methoxy groups -OCH3 is 1. The van der Waals surface area contributed by atoms with Gasteiger partial charge in [-0.2, -0.15) is 9.91 Å². The quantitative estimate of drug-likeness (QED) is 0.169. The molecule has 0 radical (unpaired) electrons. The maximum absolute atomic E-state index is 15.4. The van der Waals surface area contributed by atoms with Crippen LogP contribution in [0.2, 0.25) is 10.0 Å². The molecule has 6 atom stereocenters. The molecule has 4 N–H and O–H groups in total. The summed E-state index contributed by atoms with van der Waals surface area (Å²) in [7, 11) is 1.52. The number of ether oxygens (including phenoxy) is 1. The summed E-state index contributed by atoms with van der Waals surface area (Å²) < 4.78 is 5.44. The van der Waals surface area contributed by atoms with Gasteiger partial charge in [0.15, 0.2) is 0 Å². The van der Waals surface area contributed by atoms with E-state index in [1.54, 1.807) is 54.6 Å². The van der Waals surface area contributed by atoms with Gasteiger partial charge in [-0.25, -0.2) is 4.79 Å². The molecule has 2 aliphatic carbocycles. The number of hydrogen-bond donors (Lipinski definition) is 3. The highest BCUT2D eigenvalue weighted by atomic mass is 35.5. The molecule has 11 nitrogen and oxygen atoms in total. The molecule has 51 heavy (non-hydrogen) atoms. The number of rotatable bonds is 5. The molecule has 0 spiro atoms. The Morgan fingerprint density at radius 3 is 2.39 bits per heavy atom. The molecule has 13 heteroatoms. The molecule has 258 valence electrons. The van der Waals surface area contributed by atoms with Gasteiger partial charge in [-0.15, -0.1) is 0 Å². The fraction of sp³-hybridized carbons (Fsp3) is 0.237. The maximum Gasteiger partial charge on any atom is 0.328 e. The molecule has 4 aliphatic rings. The van der Waals surface area contributed by atoms with Gasteiger partial charge in [0.25, 0.3) is 11.8 Å². The van der Waals surface area contributed by atoms with E-state index >= 15 is 4.79 Å². The molecule has 2 aliphatic heterocycles. The highest BCUT2D eigenvalue weighted by Crippen LogP contribution is 2.65. The van der Waals surface area contributed by atoms with Crippen LogP contribution < -0.4 is 15.9 Å². The number of urea groups is 1. The third kappa shape index (κ3) is 4.61. The molecule has 6 amide bonds. The SMILES string of the molecule is COc1ccc(C23C(=O)N(Nc4ccc(Cl)cc4Cl)C(=O)C2CC2C(=CCC4C(=O)N(C(N)=O)C(=O)C42)C3c2ccc3ccccc3c2O)cc1. The summed E-state index contributed by atoms with van der Waals surface area (Å²) in [5.74, 6) is -6.99. The van der Waals surface area contributed by atoms with E-state index in [0.717, 1.165) is 10.4 Å². The number of phenolic OH excluding ortho intramolecular Hbond substituents is 1. The minimum absolute atomic E-state index is 0.0212. The molecule has 0 aromatic heterocycles. The molecule has 1 saturated carbocycles. The smallest absolute Gasteiger partial charge is 0.328 e. The second kappa shape index (κ2) is 11.9. The van der Waals surface area contributed by atoms with Crippen molar-refractivity contribution < 1.29 is 33.8 Å². The molecule has 3 fully saturated rings. The average molecular weight is 726 g/mol. The fourth-order valence-electron chi connectivity index (χ4n) is 8.91. The number of halogens is 2. The number of imide groups is 4. The Morgan fingerprint density at radius 2 is 1.69 bits per heavy atom. The van der Waals surface area contributed by atoms with Gasteiger partial charge in [-0.3, -0.25) is 24.6 Å². The lowest BCUT2D eigenvalue weighted by Crippen LogP contribution is -2.53. The summed E-state index contributed by atoms with van der Waals surface area (Å²) in [5.41, 5.74) is 8.47. The Labute approximate surface area is 301 Å². The second-order valence-electron chi connectivity index (χ2n) is 13.3. The number of nitrogens with two attached hydrogens (primary N) is 1. The zero-order chi connectivity index (χ0) is 35.9. The van der Waals surface area contributed by atoms with Gasteiger partial charge in [0.1, 0.15) is 11.5 Å². The van der Waals surface area contributed by atoms with Crippen LogP contribution in [0.4, 0.5) is 10.5 Å². The van der Waals surface area contributed by atoms with Crippen molar-refractivity contribution in [3.8, 4) is 11.5 Å². The van der Waals surface area contributed by atoms with Gasteiger partial charge < -0.3 is 15.6 Å². The van der Waals surface area contributed by atoms with Crippen molar-refractivity contribution in [1.82, 2.24) is 9.91 Å². The van der Waals surface area contributed by atoms with E-state index in [0.29, 0.717) is 37.8 Å². The van der Waals surface area contributed by atoms with Crippen molar-refractivity contribution in [2.75, 3.05) is 12.5 Å². The molecule has 2 heterocycles. The topological polar surface area (TPSA) is 159 Å². The maximum atomic E-state index is 15.4. The number of carbonyl (C=O) groups is 5. The summed E-state index contributed by atoms with van der Waals surface area (Å²) in [5, 5.41) is 14.8. The van der Waals surface area contributed by atoms with Gasteiger partial charge in [-0.1, -0.05) is 83.4 Å². The van der Waals surface area contributed by atoms with Crippen LogP contribution in [-0.2, 0) is 24.6 Å². The minimum Gasteiger partial charge on any atom is -0.507 e. The van der Waals surface area contributed by atoms with Gasteiger partial charge >= 0.3 is 6.03 Å². The number of aromatic hydroxyl groups is 1. The summed E-state index contributed by atoms with van der Waals surface area (Å²) in [6.45, 7) is 0. The number of fused-ring (bicyclic) bond motifs is 5. The standard InChI is InChI=1S/C38H30Cl2N4O7/c1-51-21-10-7-19(8-11-21)38-27(34(47)44(36(38)49)42-29-15-9-20(39)16-28(29)40)17-26-23(13-14-24-30(26)35(48)43(33(24)46)37(41)50)31(38)25-12-6-18-4-2-3-5-22(18)32(25)45/h2-13,15-16,24,26-27,30-31,42,45H,14,17H2,1H3,(H2,41,50). The minimum atomic E-state index is -1.67. The largest absolute Gasteiger partial charge is 0.507 e. The second-order valence-corrected chi connectivity index (χ2v) is 14.1. The Hall–Kier alpha value is -5.39. The molecule has 0 bridgehead atoms. The summed E-state index contributed by atoms with van der Waals surface area (Å²) >= 11 is 12.7. The number of likely N-dealkylation sites (tertiary alicyclic amines) is 1. The summed E-state index contributed by atoms with van der Waals surface area (Å²) in [4.78, 5) is 70.3. The number of hydrogen-bond acceptors (Lipinski definition) is 8. The Morgan fingerprint density at radius 1 is 0.941 bits per heavy atom. The first-order valence-electron chi connectivity index (χ1n) is 16.3. The number of nitrogens with one attached hydrogen (secondary N) is 1.